The van der Waals surface area contributed by atoms with Crippen molar-refractivity contribution >= 4 is 21.7 Å². The van der Waals surface area contributed by atoms with Crippen LogP contribution < -0.4 is 4.90 Å². The summed E-state index contributed by atoms with van der Waals surface area (Å²) in [6, 6.07) is 2.75. The molecule has 0 radical (unpaired) electrons. The van der Waals surface area contributed by atoms with Gasteiger partial charge in [-0.2, -0.15) is 13.2 Å². The SMILES string of the molecule is FC(F)(F)c1ccc(N2CCCCC2CCBr)nn1. The monoisotopic (exact) mass is 337 g/mol. The average Bonchev–Trinajstić information content (AvgIpc) is 2.39. The lowest BCUT2D eigenvalue weighted by molar-refractivity contribution is -0.141. The van der Waals surface area contributed by atoms with Crippen LogP contribution in [0.25, 0.3) is 0 Å². The number of piperidine rings is 1. The molecule has 1 atom stereocenters. The van der Waals surface area contributed by atoms with E-state index in [4.69, 9.17) is 0 Å². The lowest BCUT2D eigenvalue weighted by Gasteiger charge is -2.36. The maximum atomic E-state index is 12.4. The van der Waals surface area contributed by atoms with Gasteiger partial charge < -0.3 is 4.90 Å². The second kappa shape index (κ2) is 6.07. The van der Waals surface area contributed by atoms with Crippen molar-refractivity contribution in [2.75, 3.05) is 16.8 Å². The number of hydrogen-bond acceptors (Lipinski definition) is 3. The highest BCUT2D eigenvalue weighted by atomic mass is 79.9. The van der Waals surface area contributed by atoms with Gasteiger partial charge in [-0.05, 0) is 37.8 Å². The molecule has 0 aromatic carbocycles. The van der Waals surface area contributed by atoms with E-state index in [-0.39, 0.29) is 0 Å². The van der Waals surface area contributed by atoms with Crippen molar-refractivity contribution in [1.29, 1.82) is 0 Å². The molecule has 1 aromatic rings. The summed E-state index contributed by atoms with van der Waals surface area (Å²) in [5, 5.41) is 7.91. The van der Waals surface area contributed by atoms with Gasteiger partial charge in [-0.3, -0.25) is 0 Å². The Morgan fingerprint density at radius 1 is 1.26 bits per heavy atom. The van der Waals surface area contributed by atoms with E-state index in [1.165, 1.54) is 6.07 Å². The van der Waals surface area contributed by atoms with Crippen LogP contribution in [0.2, 0.25) is 0 Å². The van der Waals surface area contributed by atoms with E-state index in [1.54, 1.807) is 0 Å². The standard InChI is InChI=1S/C12H15BrF3N3/c13-7-6-9-3-1-2-8-19(9)11-5-4-10(17-18-11)12(14,15)16/h4-5,9H,1-3,6-8H2. The Hall–Kier alpha value is -0.850. The van der Waals surface area contributed by atoms with Crippen LogP contribution in [0, 0.1) is 0 Å². The van der Waals surface area contributed by atoms with Crippen molar-refractivity contribution in [1.82, 2.24) is 10.2 Å². The molecule has 1 aliphatic rings. The van der Waals surface area contributed by atoms with Crippen LogP contribution >= 0.6 is 15.9 Å². The number of alkyl halides is 4. The van der Waals surface area contributed by atoms with E-state index in [0.717, 1.165) is 43.6 Å². The molecule has 1 aliphatic heterocycles. The highest BCUT2D eigenvalue weighted by molar-refractivity contribution is 9.09. The van der Waals surface area contributed by atoms with Crippen LogP contribution in [-0.2, 0) is 6.18 Å². The zero-order valence-electron chi connectivity index (χ0n) is 10.3. The lowest BCUT2D eigenvalue weighted by Crippen LogP contribution is -2.40. The first kappa shape index (κ1) is 14.6. The molecule has 0 saturated carbocycles. The summed E-state index contributed by atoms with van der Waals surface area (Å²) in [6.45, 7) is 0.831. The molecule has 106 valence electrons. The second-order valence-electron chi connectivity index (χ2n) is 4.60. The topological polar surface area (TPSA) is 29.0 Å². The molecular formula is C12H15BrF3N3. The normalized spacial score (nSPS) is 20.6. The number of halogens is 4. The molecule has 0 spiro atoms. The molecule has 0 aliphatic carbocycles. The molecule has 2 heterocycles. The third-order valence-electron chi connectivity index (χ3n) is 3.30. The van der Waals surface area contributed by atoms with E-state index in [2.05, 4.69) is 31.0 Å². The van der Waals surface area contributed by atoms with Crippen LogP contribution in [-0.4, -0.2) is 28.1 Å². The van der Waals surface area contributed by atoms with Gasteiger partial charge in [0.05, 0.1) is 0 Å². The summed E-state index contributed by atoms with van der Waals surface area (Å²) in [5.74, 6) is 0.540. The summed E-state index contributed by atoms with van der Waals surface area (Å²) in [4.78, 5) is 2.07. The van der Waals surface area contributed by atoms with Crippen LogP contribution in [0.4, 0.5) is 19.0 Å². The van der Waals surface area contributed by atoms with E-state index in [9.17, 15) is 13.2 Å². The Labute approximate surface area is 118 Å². The van der Waals surface area contributed by atoms with Crippen LogP contribution in [0.5, 0.6) is 0 Å². The maximum Gasteiger partial charge on any atom is 0.435 e. The van der Waals surface area contributed by atoms with Crippen molar-refractivity contribution in [2.45, 2.75) is 37.9 Å². The van der Waals surface area contributed by atoms with Gasteiger partial charge in [0.15, 0.2) is 11.5 Å². The molecule has 0 N–H and O–H groups in total. The van der Waals surface area contributed by atoms with E-state index >= 15 is 0 Å². The number of nitrogens with zero attached hydrogens (tertiary/aromatic N) is 3. The van der Waals surface area contributed by atoms with Crippen molar-refractivity contribution in [2.24, 2.45) is 0 Å². The molecule has 19 heavy (non-hydrogen) atoms. The molecule has 3 nitrogen and oxygen atoms in total. The van der Waals surface area contributed by atoms with Crippen molar-refractivity contribution < 1.29 is 13.2 Å². The minimum atomic E-state index is -4.43. The maximum absolute atomic E-state index is 12.4. The Morgan fingerprint density at radius 3 is 2.63 bits per heavy atom. The molecule has 2 rings (SSSR count). The van der Waals surface area contributed by atoms with Crippen molar-refractivity contribution in [3.05, 3.63) is 17.8 Å². The predicted octanol–water partition coefficient (Wildman–Crippen LogP) is 3.64. The van der Waals surface area contributed by atoms with Crippen molar-refractivity contribution in [3.8, 4) is 0 Å². The van der Waals surface area contributed by atoms with Gasteiger partial charge >= 0.3 is 6.18 Å². The van der Waals surface area contributed by atoms with Gasteiger partial charge in [0, 0.05) is 17.9 Å². The van der Waals surface area contributed by atoms with Gasteiger partial charge in [0.1, 0.15) is 0 Å². The van der Waals surface area contributed by atoms with E-state index in [1.807, 2.05) is 0 Å². The molecule has 1 fully saturated rings. The summed E-state index contributed by atoms with van der Waals surface area (Å²) >= 11 is 3.41. The first-order chi connectivity index (χ1) is 9.02. The summed E-state index contributed by atoms with van der Waals surface area (Å²) in [7, 11) is 0. The number of rotatable bonds is 3. The Kier molecular flexibility index (Phi) is 4.65. The van der Waals surface area contributed by atoms with E-state index in [0.29, 0.717) is 11.9 Å². The quantitative estimate of drug-likeness (QED) is 0.788. The Morgan fingerprint density at radius 2 is 2.05 bits per heavy atom. The van der Waals surface area contributed by atoms with Crippen LogP contribution in [0.1, 0.15) is 31.4 Å². The highest BCUT2D eigenvalue weighted by Crippen LogP contribution is 2.29. The summed E-state index contributed by atoms with van der Waals surface area (Å²) in [5.41, 5.74) is -0.940. The molecule has 7 heteroatoms. The summed E-state index contributed by atoms with van der Waals surface area (Å²) < 4.78 is 37.3. The minimum absolute atomic E-state index is 0.333. The van der Waals surface area contributed by atoms with Crippen LogP contribution in [0.3, 0.4) is 0 Å². The highest BCUT2D eigenvalue weighted by Gasteiger charge is 2.33. The van der Waals surface area contributed by atoms with Crippen LogP contribution in [0.15, 0.2) is 12.1 Å². The Bertz CT molecular complexity index is 406. The predicted molar refractivity (Wildman–Crippen MR) is 70.4 cm³/mol. The third kappa shape index (κ3) is 3.58. The zero-order valence-corrected chi connectivity index (χ0v) is 11.9. The molecular weight excluding hydrogens is 323 g/mol. The fourth-order valence-corrected chi connectivity index (χ4v) is 2.89. The minimum Gasteiger partial charge on any atom is -0.352 e. The molecule has 1 aromatic heterocycles. The lowest BCUT2D eigenvalue weighted by atomic mass is 10.00. The molecule has 0 amide bonds. The molecule has 1 unspecified atom stereocenters. The average molecular weight is 338 g/mol. The summed E-state index contributed by atoms with van der Waals surface area (Å²) in [6.07, 6.45) is -0.219. The van der Waals surface area contributed by atoms with E-state index < -0.39 is 11.9 Å². The fraction of sp³-hybridized carbons (Fsp3) is 0.667. The van der Waals surface area contributed by atoms with Gasteiger partial charge in [-0.1, -0.05) is 15.9 Å². The third-order valence-corrected chi connectivity index (χ3v) is 3.76. The second-order valence-corrected chi connectivity index (χ2v) is 5.39. The fourth-order valence-electron chi connectivity index (χ4n) is 2.36. The molecule has 1 saturated heterocycles. The van der Waals surface area contributed by atoms with Crippen molar-refractivity contribution in [3.63, 3.8) is 0 Å². The zero-order chi connectivity index (χ0) is 13.9. The Balaban J connectivity index is 2.15. The first-order valence-electron chi connectivity index (χ1n) is 6.26. The number of hydrogen-bond donors (Lipinski definition) is 0. The van der Waals surface area contributed by atoms with Gasteiger partial charge in [-0.25, -0.2) is 0 Å². The number of aromatic nitrogens is 2. The van der Waals surface area contributed by atoms with Gasteiger partial charge in [0.25, 0.3) is 0 Å². The largest absolute Gasteiger partial charge is 0.435 e. The van der Waals surface area contributed by atoms with Gasteiger partial charge in [0.2, 0.25) is 0 Å². The first-order valence-corrected chi connectivity index (χ1v) is 7.38. The smallest absolute Gasteiger partial charge is 0.352 e. The molecule has 0 bridgehead atoms. The number of anilines is 1. The van der Waals surface area contributed by atoms with Gasteiger partial charge in [-0.15, -0.1) is 10.2 Å².